The van der Waals surface area contributed by atoms with Gasteiger partial charge in [-0.1, -0.05) is 166 Å². The lowest BCUT2D eigenvalue weighted by Crippen LogP contribution is -2.40. The van der Waals surface area contributed by atoms with E-state index < -0.39 is 0 Å². The topological polar surface area (TPSA) is 3.24 Å². The van der Waals surface area contributed by atoms with Crippen LogP contribution in [0.2, 0.25) is 6.32 Å². The zero-order valence-electron chi connectivity index (χ0n) is 43.6. The Morgan fingerprint density at radius 3 is 2.18 bits per heavy atom. The third-order valence-electron chi connectivity index (χ3n) is 18.3. The van der Waals surface area contributed by atoms with E-state index in [9.17, 15) is 0 Å². The Hall–Kier alpha value is -5.08. The van der Waals surface area contributed by atoms with Crippen LogP contribution in [-0.2, 0) is 34.5 Å². The molecule has 6 aromatic rings. The average molecular weight is 893 g/mol. The van der Waals surface area contributed by atoms with Gasteiger partial charge in [-0.2, -0.15) is 0 Å². The first-order valence-corrected chi connectivity index (χ1v) is 26.6. The maximum absolute atomic E-state index is 2.87. The highest BCUT2D eigenvalue weighted by atomic mass is 15.2. The number of nitrogens with zero attached hydrogens (tertiary/aromatic N) is 1. The maximum Gasteiger partial charge on any atom is 0.157 e. The van der Waals surface area contributed by atoms with Crippen LogP contribution < -0.4 is 10.4 Å². The maximum atomic E-state index is 2.87. The van der Waals surface area contributed by atoms with E-state index in [2.05, 4.69) is 198 Å². The van der Waals surface area contributed by atoms with E-state index in [1.165, 1.54) is 133 Å². The molecule has 1 radical (unpaired) electrons. The molecule has 1 heterocycles. The summed E-state index contributed by atoms with van der Waals surface area (Å²) in [6.07, 6.45) is 16.3. The smallest absolute Gasteiger partial charge is 0.157 e. The number of hydrogen-bond donors (Lipinski definition) is 0. The van der Waals surface area contributed by atoms with Gasteiger partial charge in [-0.3, -0.25) is 0 Å². The molecule has 68 heavy (non-hydrogen) atoms. The summed E-state index contributed by atoms with van der Waals surface area (Å²) < 4.78 is 0. The number of unbranched alkanes of at least 4 members (excludes halogenated alkanes) is 1. The fourth-order valence-electron chi connectivity index (χ4n) is 13.9. The van der Waals surface area contributed by atoms with Gasteiger partial charge in [-0.05, 0) is 212 Å². The predicted molar refractivity (Wildman–Crippen MR) is 294 cm³/mol. The molecule has 0 bridgehead atoms. The Bertz CT molecular complexity index is 3060. The summed E-state index contributed by atoms with van der Waals surface area (Å²) in [4.78, 5) is 2.87. The van der Waals surface area contributed by atoms with Crippen molar-refractivity contribution in [1.82, 2.24) is 0 Å². The Kier molecular flexibility index (Phi) is 10.8. The van der Waals surface area contributed by atoms with Crippen molar-refractivity contribution in [3.8, 4) is 33.4 Å². The van der Waals surface area contributed by atoms with E-state index in [1.54, 1.807) is 22.3 Å². The van der Waals surface area contributed by atoms with Crippen molar-refractivity contribution in [3.05, 3.63) is 164 Å². The molecule has 5 aliphatic rings. The summed E-state index contributed by atoms with van der Waals surface area (Å²) in [5.74, 6) is 0.553. The van der Waals surface area contributed by atoms with Gasteiger partial charge < -0.3 is 4.90 Å². The molecule has 11 rings (SSSR count). The minimum absolute atomic E-state index is 0.0929. The van der Waals surface area contributed by atoms with Crippen LogP contribution in [-0.4, -0.2) is 7.28 Å². The summed E-state index contributed by atoms with van der Waals surface area (Å²) in [5.41, 5.74) is 30.4. The summed E-state index contributed by atoms with van der Waals surface area (Å²) >= 11 is 0. The quantitative estimate of drug-likeness (QED) is 0.144. The Morgan fingerprint density at radius 2 is 1.38 bits per heavy atom. The van der Waals surface area contributed by atoms with Crippen molar-refractivity contribution in [2.24, 2.45) is 0 Å². The minimum Gasteiger partial charge on any atom is -0.335 e. The van der Waals surface area contributed by atoms with Gasteiger partial charge in [0.05, 0.1) is 6.04 Å². The number of rotatable bonds is 7. The van der Waals surface area contributed by atoms with Gasteiger partial charge in [-0.25, -0.2) is 0 Å². The molecule has 4 aliphatic carbocycles. The van der Waals surface area contributed by atoms with Crippen molar-refractivity contribution in [3.63, 3.8) is 0 Å². The van der Waals surface area contributed by atoms with Crippen LogP contribution in [0, 0.1) is 13.8 Å². The van der Waals surface area contributed by atoms with Gasteiger partial charge in [-0.15, -0.1) is 0 Å². The highest BCUT2D eigenvalue weighted by Gasteiger charge is 2.44. The minimum atomic E-state index is -0.177. The molecule has 0 amide bonds. The molecule has 0 spiro atoms. The van der Waals surface area contributed by atoms with Crippen molar-refractivity contribution in [2.45, 2.75) is 181 Å². The third kappa shape index (κ3) is 7.07. The van der Waals surface area contributed by atoms with Crippen LogP contribution in [0.25, 0.3) is 39.5 Å². The van der Waals surface area contributed by atoms with Crippen LogP contribution in [0.15, 0.2) is 97.1 Å². The molecule has 0 saturated heterocycles. The van der Waals surface area contributed by atoms with Gasteiger partial charge in [0, 0.05) is 16.8 Å². The van der Waals surface area contributed by atoms with E-state index in [1.807, 2.05) is 0 Å². The lowest BCUT2D eigenvalue weighted by atomic mass is 9.56. The normalized spacial score (nSPS) is 20.9. The molecular formula is C66H75BN. The van der Waals surface area contributed by atoms with Crippen molar-refractivity contribution in [2.75, 3.05) is 4.90 Å². The Balaban J connectivity index is 1.21. The molecule has 0 fully saturated rings. The predicted octanol–water partition coefficient (Wildman–Crippen LogP) is 17.4. The molecule has 347 valence electrons. The van der Waals surface area contributed by atoms with Crippen molar-refractivity contribution in [1.29, 1.82) is 0 Å². The van der Waals surface area contributed by atoms with Gasteiger partial charge in [0.15, 0.2) is 7.28 Å². The van der Waals surface area contributed by atoms with Crippen LogP contribution in [0.4, 0.5) is 11.4 Å². The lowest BCUT2D eigenvalue weighted by molar-refractivity contribution is 0.332. The average Bonchev–Trinajstić information content (AvgIpc) is 3.55. The highest BCUT2D eigenvalue weighted by Crippen LogP contribution is 2.57. The van der Waals surface area contributed by atoms with Crippen molar-refractivity contribution >= 4 is 30.2 Å². The summed E-state index contributed by atoms with van der Waals surface area (Å²) in [5, 5.41) is 0. The van der Waals surface area contributed by atoms with Gasteiger partial charge >= 0.3 is 0 Å². The molecule has 0 N–H and O–H groups in total. The van der Waals surface area contributed by atoms with Crippen LogP contribution >= 0.6 is 0 Å². The van der Waals surface area contributed by atoms with Crippen LogP contribution in [0.1, 0.15) is 193 Å². The molecule has 2 unspecified atom stereocenters. The van der Waals surface area contributed by atoms with Crippen LogP contribution in [0.5, 0.6) is 0 Å². The molecule has 6 aromatic carbocycles. The first kappa shape index (κ1) is 45.4. The number of allylic oxidation sites excluding steroid dienone is 1. The molecule has 0 aromatic heterocycles. The monoisotopic (exact) mass is 893 g/mol. The number of benzene rings is 6. The van der Waals surface area contributed by atoms with E-state index in [0.29, 0.717) is 5.92 Å². The standard InChI is InChI=1S/C66H75BN/c1-13-14-20-45-35-55-51(40(2)29-30-63(55,5)6)37-52(45)59-39-67-62-58(68(59)46-27-28-54-56(36-46)65(9,10)32-31-64(54,7)8)38-57-60(49-23-17-18-26-53(49)66(57,11)12)61(62)48-25-19-24-47(42(48)4)50-34-44-22-16-15-21-43(44)33-41(50)3/h15,17-19,21,23-28,33-38,40,59H,13-14,16,20,22,29-32,39H2,1-12H3. The zero-order chi connectivity index (χ0) is 47.7. The summed E-state index contributed by atoms with van der Waals surface area (Å²) in [7, 11) is 2.69. The van der Waals surface area contributed by atoms with Gasteiger partial charge in [0.2, 0.25) is 0 Å². The Labute approximate surface area is 411 Å². The van der Waals surface area contributed by atoms with E-state index in [0.717, 1.165) is 25.6 Å². The van der Waals surface area contributed by atoms with Crippen molar-refractivity contribution < 1.29 is 0 Å². The Morgan fingerprint density at radius 1 is 0.647 bits per heavy atom. The third-order valence-corrected chi connectivity index (χ3v) is 18.3. The zero-order valence-corrected chi connectivity index (χ0v) is 43.6. The molecule has 1 nitrogen and oxygen atoms in total. The summed E-state index contributed by atoms with van der Waals surface area (Å²) in [6.45, 7) is 29.5. The number of fused-ring (bicyclic) bond motifs is 7. The van der Waals surface area contributed by atoms with E-state index in [-0.39, 0.29) is 27.7 Å². The molecule has 2 atom stereocenters. The number of anilines is 2. The first-order valence-electron chi connectivity index (χ1n) is 26.6. The van der Waals surface area contributed by atoms with Gasteiger partial charge in [0.1, 0.15) is 0 Å². The van der Waals surface area contributed by atoms with E-state index in [4.69, 9.17) is 0 Å². The fourth-order valence-corrected chi connectivity index (χ4v) is 13.9. The largest absolute Gasteiger partial charge is 0.335 e. The second kappa shape index (κ2) is 16.3. The number of aryl methyl sites for hydroxylation is 3. The second-order valence-corrected chi connectivity index (χ2v) is 24.5. The highest BCUT2D eigenvalue weighted by molar-refractivity contribution is 6.59. The first-order chi connectivity index (χ1) is 32.4. The van der Waals surface area contributed by atoms with Gasteiger partial charge in [0.25, 0.3) is 0 Å². The molecular weight excluding hydrogens is 818 g/mol. The second-order valence-electron chi connectivity index (χ2n) is 24.5. The van der Waals surface area contributed by atoms with E-state index >= 15 is 0 Å². The lowest BCUT2D eigenvalue weighted by Gasteiger charge is -2.45. The molecule has 1 aliphatic heterocycles. The number of hydrogen-bond acceptors (Lipinski definition) is 1. The fraction of sp³-hybridized carbons (Fsp3) is 0.424. The summed E-state index contributed by atoms with van der Waals surface area (Å²) in [6, 6.07) is 37.4. The van der Waals surface area contributed by atoms with Crippen LogP contribution in [0.3, 0.4) is 0 Å². The SMILES string of the molecule is CCCCc1cc2c(cc1C1C[B]c3c(cc4c(c3-c3cccc(-c5cc6c(cc5C)C=CCC6)c3C)-c3ccccc3C4(C)C)N1c1ccc3c(c1)C(C)(C)CCC3(C)C)C(C)CCC2(C)C. The molecule has 2 heteroatoms. The molecule has 0 saturated carbocycles.